The first-order chi connectivity index (χ1) is 7.85. The van der Waals surface area contributed by atoms with Gasteiger partial charge in [-0.15, -0.1) is 0 Å². The first kappa shape index (κ1) is 14.9. The molecule has 1 fully saturated rings. The zero-order chi connectivity index (χ0) is 13.1. The van der Waals surface area contributed by atoms with Gasteiger partial charge in [0, 0.05) is 32.3 Å². The zero-order valence-electron chi connectivity index (χ0n) is 11.1. The molecule has 1 rings (SSSR count). The highest BCUT2D eigenvalue weighted by Gasteiger charge is 2.33. The van der Waals surface area contributed by atoms with E-state index in [1.54, 1.807) is 0 Å². The highest BCUT2D eigenvalue weighted by atomic mass is 32.2. The van der Waals surface area contributed by atoms with Crippen molar-refractivity contribution in [3.05, 3.63) is 0 Å². The second-order valence-electron chi connectivity index (χ2n) is 5.06. The summed E-state index contributed by atoms with van der Waals surface area (Å²) in [5.74, 6) is 0.392. The lowest BCUT2D eigenvalue weighted by Crippen LogP contribution is -2.42. The van der Waals surface area contributed by atoms with Gasteiger partial charge in [-0.2, -0.15) is 0 Å². The highest BCUT2D eigenvalue weighted by molar-refractivity contribution is 7.89. The van der Waals surface area contributed by atoms with Crippen LogP contribution in [0.4, 0.5) is 0 Å². The lowest BCUT2D eigenvalue weighted by atomic mass is 10.1. The third kappa shape index (κ3) is 4.54. The molecule has 1 aliphatic heterocycles. The van der Waals surface area contributed by atoms with E-state index in [9.17, 15) is 8.42 Å². The summed E-state index contributed by atoms with van der Waals surface area (Å²) in [6.07, 6.45) is 0. The van der Waals surface area contributed by atoms with Crippen LogP contribution in [0, 0.1) is 5.92 Å². The van der Waals surface area contributed by atoms with Crippen LogP contribution in [0.15, 0.2) is 0 Å². The monoisotopic (exact) mass is 264 g/mol. The first-order valence-electron chi connectivity index (χ1n) is 6.08. The molecule has 5 nitrogen and oxygen atoms in total. The summed E-state index contributed by atoms with van der Waals surface area (Å²) in [5.41, 5.74) is 0. The zero-order valence-corrected chi connectivity index (χ0v) is 12.0. The fourth-order valence-corrected chi connectivity index (χ4v) is 3.33. The Morgan fingerprint density at radius 2 is 2.06 bits per heavy atom. The molecule has 2 atom stereocenters. The molecule has 6 heteroatoms. The van der Waals surface area contributed by atoms with Gasteiger partial charge >= 0.3 is 0 Å². The van der Waals surface area contributed by atoms with Crippen molar-refractivity contribution in [2.45, 2.75) is 32.9 Å². The van der Waals surface area contributed by atoms with Crippen LogP contribution in [-0.2, 0) is 14.8 Å². The number of ether oxygens (including phenoxy) is 1. The van der Waals surface area contributed by atoms with Crippen molar-refractivity contribution >= 4 is 10.0 Å². The summed E-state index contributed by atoms with van der Waals surface area (Å²) in [6, 6.07) is 0.491. The van der Waals surface area contributed by atoms with Crippen LogP contribution < -0.4 is 4.72 Å². The average molecular weight is 264 g/mol. The van der Waals surface area contributed by atoms with Crippen molar-refractivity contribution in [1.29, 1.82) is 0 Å². The summed E-state index contributed by atoms with van der Waals surface area (Å²) >= 11 is 0. The number of hydrogen-bond acceptors (Lipinski definition) is 4. The smallest absolute Gasteiger partial charge is 0.214 e. The minimum atomic E-state index is -3.21. The molecule has 0 aromatic carbocycles. The average Bonchev–Trinajstić information content (AvgIpc) is 2.57. The van der Waals surface area contributed by atoms with Crippen molar-refractivity contribution in [1.82, 2.24) is 9.62 Å². The van der Waals surface area contributed by atoms with Crippen molar-refractivity contribution in [3.63, 3.8) is 0 Å². The molecule has 0 aromatic rings. The fraction of sp³-hybridized carbons (Fsp3) is 1.00. The molecule has 0 aliphatic carbocycles. The number of methoxy groups -OCH3 is 1. The quantitative estimate of drug-likeness (QED) is 0.749. The Balaban J connectivity index is 2.52. The van der Waals surface area contributed by atoms with Crippen molar-refractivity contribution in [3.8, 4) is 0 Å². The molecule has 0 radical (unpaired) electrons. The van der Waals surface area contributed by atoms with Crippen LogP contribution in [0.25, 0.3) is 0 Å². The number of likely N-dealkylation sites (tertiary alicyclic amines) is 1. The predicted molar refractivity (Wildman–Crippen MR) is 68.5 cm³/mol. The summed E-state index contributed by atoms with van der Waals surface area (Å²) in [5, 5.41) is 0. The van der Waals surface area contributed by atoms with Gasteiger partial charge in [0.25, 0.3) is 0 Å². The summed E-state index contributed by atoms with van der Waals surface area (Å²) in [7, 11) is -1.70. The number of nitrogens with zero attached hydrogens (tertiary/aromatic N) is 1. The van der Waals surface area contributed by atoms with Gasteiger partial charge in [0.2, 0.25) is 10.0 Å². The van der Waals surface area contributed by atoms with Gasteiger partial charge in [-0.05, 0) is 19.8 Å². The van der Waals surface area contributed by atoms with Crippen molar-refractivity contribution in [2.75, 3.05) is 32.6 Å². The normalized spacial score (nSPS) is 26.9. The predicted octanol–water partition coefficient (Wildman–Crippen LogP) is 0.281. The molecule has 0 saturated carbocycles. The van der Waals surface area contributed by atoms with E-state index in [0.29, 0.717) is 12.0 Å². The molecule has 1 N–H and O–H groups in total. The van der Waals surface area contributed by atoms with E-state index in [-0.39, 0.29) is 18.4 Å². The third-order valence-electron chi connectivity index (χ3n) is 3.26. The molecule has 0 bridgehead atoms. The second kappa shape index (κ2) is 6.13. The maximum atomic E-state index is 11.8. The van der Waals surface area contributed by atoms with E-state index in [1.807, 2.05) is 0 Å². The van der Waals surface area contributed by atoms with Crippen molar-refractivity contribution in [2.24, 2.45) is 5.92 Å². The van der Waals surface area contributed by atoms with Gasteiger partial charge in [0.15, 0.2) is 0 Å². The molecule has 102 valence electrons. The molecule has 0 amide bonds. The van der Waals surface area contributed by atoms with E-state index in [2.05, 4.69) is 30.4 Å². The first-order valence-corrected chi connectivity index (χ1v) is 7.74. The van der Waals surface area contributed by atoms with Gasteiger partial charge in [0.05, 0.1) is 12.4 Å². The minimum Gasteiger partial charge on any atom is -0.384 e. The van der Waals surface area contributed by atoms with Gasteiger partial charge in [-0.1, -0.05) is 6.92 Å². The maximum absolute atomic E-state index is 11.8. The van der Waals surface area contributed by atoms with Crippen molar-refractivity contribution < 1.29 is 13.2 Å². The number of rotatable bonds is 6. The van der Waals surface area contributed by atoms with Crippen LogP contribution in [0.1, 0.15) is 20.8 Å². The summed E-state index contributed by atoms with van der Waals surface area (Å²) in [6.45, 7) is 8.35. The van der Waals surface area contributed by atoms with Crippen LogP contribution in [0.2, 0.25) is 0 Å². The number of sulfonamides is 1. The summed E-state index contributed by atoms with van der Waals surface area (Å²) in [4.78, 5) is 2.30. The Morgan fingerprint density at radius 3 is 2.53 bits per heavy atom. The molecule has 0 aromatic heterocycles. The lowest BCUT2D eigenvalue weighted by molar-refractivity contribution is 0.216. The molecule has 1 aliphatic rings. The molecule has 0 spiro atoms. The molecule has 1 heterocycles. The Kier molecular flexibility index (Phi) is 5.37. The lowest BCUT2D eigenvalue weighted by Gasteiger charge is -2.20. The number of hydrogen-bond donors (Lipinski definition) is 1. The SMILES string of the molecule is COCCS(=O)(=O)N[C@H]1CN(C(C)C)C[C@H]1C. The minimum absolute atomic E-state index is 0.0271. The van der Waals surface area contributed by atoms with Crippen LogP contribution in [-0.4, -0.2) is 58.0 Å². The van der Waals surface area contributed by atoms with E-state index in [1.165, 1.54) is 7.11 Å². The van der Waals surface area contributed by atoms with Gasteiger partial charge in [-0.25, -0.2) is 13.1 Å². The fourth-order valence-electron chi connectivity index (χ4n) is 2.06. The van der Waals surface area contributed by atoms with E-state index >= 15 is 0 Å². The second-order valence-corrected chi connectivity index (χ2v) is 6.93. The summed E-state index contributed by atoms with van der Waals surface area (Å²) < 4.78 is 31.1. The van der Waals surface area contributed by atoms with Gasteiger partial charge in [0.1, 0.15) is 0 Å². The Bertz CT molecular complexity index is 330. The maximum Gasteiger partial charge on any atom is 0.214 e. The van der Waals surface area contributed by atoms with Gasteiger partial charge < -0.3 is 4.74 Å². The highest BCUT2D eigenvalue weighted by Crippen LogP contribution is 2.19. The van der Waals surface area contributed by atoms with Crippen LogP contribution in [0.5, 0.6) is 0 Å². The van der Waals surface area contributed by atoms with Gasteiger partial charge in [-0.3, -0.25) is 4.90 Å². The Hall–Kier alpha value is -0.170. The molecule has 0 unspecified atom stereocenters. The standard InChI is InChI=1S/C11H24N2O3S/c1-9(2)13-7-10(3)11(8-13)12-17(14,15)6-5-16-4/h9-12H,5-8H2,1-4H3/t10-,11+/m1/s1. The van der Waals surface area contributed by atoms with E-state index < -0.39 is 10.0 Å². The number of nitrogens with one attached hydrogen (secondary N) is 1. The topological polar surface area (TPSA) is 58.6 Å². The molecule has 17 heavy (non-hydrogen) atoms. The Morgan fingerprint density at radius 1 is 1.41 bits per heavy atom. The van der Waals surface area contributed by atoms with Crippen LogP contribution in [0.3, 0.4) is 0 Å². The van der Waals surface area contributed by atoms with Crippen LogP contribution >= 0.6 is 0 Å². The molecule has 1 saturated heterocycles. The van der Waals surface area contributed by atoms with E-state index in [0.717, 1.165) is 13.1 Å². The molecular formula is C11H24N2O3S. The van der Waals surface area contributed by atoms with E-state index in [4.69, 9.17) is 4.74 Å². The molecular weight excluding hydrogens is 240 g/mol. The Labute approximate surface area is 105 Å². The largest absolute Gasteiger partial charge is 0.384 e. The third-order valence-corrected chi connectivity index (χ3v) is 4.62.